The van der Waals surface area contributed by atoms with Crippen molar-refractivity contribution in [2.75, 3.05) is 18.0 Å². The van der Waals surface area contributed by atoms with E-state index in [-0.39, 0.29) is 37.7 Å². The van der Waals surface area contributed by atoms with Gasteiger partial charge in [0.15, 0.2) is 0 Å². The molecule has 7 heteroatoms. The van der Waals surface area contributed by atoms with Gasteiger partial charge in [-0.25, -0.2) is 0 Å². The molecule has 0 saturated heterocycles. The second-order valence-electron chi connectivity index (χ2n) is 8.23. The molecule has 2 aliphatic rings. The van der Waals surface area contributed by atoms with E-state index in [4.69, 9.17) is 0 Å². The predicted octanol–water partition coefficient (Wildman–Crippen LogP) is 3.31. The molecule has 7 nitrogen and oxygen atoms in total. The van der Waals surface area contributed by atoms with Crippen LogP contribution in [0.3, 0.4) is 0 Å². The van der Waals surface area contributed by atoms with Crippen molar-refractivity contribution in [3.63, 3.8) is 0 Å². The SMILES string of the molecule is CC/C1=C/c2ccccc2N(C(=O)CCNC(=O)CCN2C(=O)C=CC2=O)Cc2ccccc21. The van der Waals surface area contributed by atoms with E-state index in [2.05, 4.69) is 24.4 Å². The first-order chi connectivity index (χ1) is 16.5. The highest BCUT2D eigenvalue weighted by molar-refractivity contribution is 6.13. The van der Waals surface area contributed by atoms with Gasteiger partial charge in [0.1, 0.15) is 0 Å². The van der Waals surface area contributed by atoms with E-state index < -0.39 is 11.8 Å². The molecule has 0 aliphatic carbocycles. The summed E-state index contributed by atoms with van der Waals surface area (Å²) in [5, 5.41) is 2.73. The van der Waals surface area contributed by atoms with E-state index in [1.165, 1.54) is 17.7 Å². The Balaban J connectivity index is 1.42. The molecule has 4 rings (SSSR count). The molecule has 34 heavy (non-hydrogen) atoms. The van der Waals surface area contributed by atoms with E-state index in [0.717, 1.165) is 33.7 Å². The second-order valence-corrected chi connectivity index (χ2v) is 8.23. The number of benzene rings is 2. The Morgan fingerprint density at radius 2 is 1.65 bits per heavy atom. The van der Waals surface area contributed by atoms with Crippen LogP contribution in [0.2, 0.25) is 0 Å². The lowest BCUT2D eigenvalue weighted by Gasteiger charge is -2.28. The number of nitrogens with one attached hydrogen (secondary N) is 1. The summed E-state index contributed by atoms with van der Waals surface area (Å²) in [7, 11) is 0. The Labute approximate surface area is 198 Å². The smallest absolute Gasteiger partial charge is 0.253 e. The van der Waals surface area contributed by atoms with E-state index in [1.807, 2.05) is 42.5 Å². The van der Waals surface area contributed by atoms with Gasteiger partial charge in [-0.3, -0.25) is 24.1 Å². The minimum absolute atomic E-state index is 0.00212. The largest absolute Gasteiger partial charge is 0.356 e. The first-order valence-electron chi connectivity index (χ1n) is 11.5. The van der Waals surface area contributed by atoms with Crippen molar-refractivity contribution >= 4 is 41.0 Å². The monoisotopic (exact) mass is 457 g/mol. The lowest BCUT2D eigenvalue weighted by atomic mass is 9.93. The van der Waals surface area contributed by atoms with Crippen LogP contribution in [-0.2, 0) is 25.7 Å². The lowest BCUT2D eigenvalue weighted by Crippen LogP contribution is -2.37. The number of para-hydroxylation sites is 1. The molecule has 2 heterocycles. The highest BCUT2D eigenvalue weighted by atomic mass is 16.2. The molecular formula is C27H27N3O4. The minimum Gasteiger partial charge on any atom is -0.356 e. The van der Waals surface area contributed by atoms with Crippen LogP contribution in [0.5, 0.6) is 0 Å². The van der Waals surface area contributed by atoms with Crippen LogP contribution in [-0.4, -0.2) is 41.6 Å². The third kappa shape index (κ3) is 4.98. The minimum atomic E-state index is -0.413. The first-order valence-corrected chi connectivity index (χ1v) is 11.5. The molecule has 0 atom stereocenters. The fraction of sp³-hybridized carbons (Fsp3) is 0.259. The third-order valence-electron chi connectivity index (χ3n) is 6.06. The van der Waals surface area contributed by atoms with Gasteiger partial charge in [-0.1, -0.05) is 49.4 Å². The second kappa shape index (κ2) is 10.3. The lowest BCUT2D eigenvalue weighted by molar-refractivity contribution is -0.137. The van der Waals surface area contributed by atoms with Gasteiger partial charge in [0.05, 0.1) is 12.2 Å². The van der Waals surface area contributed by atoms with Gasteiger partial charge in [-0.15, -0.1) is 0 Å². The number of carbonyl (C=O) groups excluding carboxylic acids is 4. The van der Waals surface area contributed by atoms with Crippen molar-refractivity contribution in [2.24, 2.45) is 0 Å². The summed E-state index contributed by atoms with van der Waals surface area (Å²) in [6.45, 7) is 2.77. The van der Waals surface area contributed by atoms with Crippen LogP contribution < -0.4 is 10.2 Å². The molecule has 0 bridgehead atoms. The molecule has 0 aromatic heterocycles. The third-order valence-corrected chi connectivity index (χ3v) is 6.06. The average molecular weight is 458 g/mol. The standard InChI is InChI=1S/C27H27N3O4/c1-2-19-17-20-7-4-6-10-23(20)30(18-21-8-3-5-9-22(19)21)27(34)13-15-28-24(31)14-16-29-25(32)11-12-26(29)33/h3-12,17H,2,13-16,18H2,1H3,(H,28,31)/b19-17-. The van der Waals surface area contributed by atoms with Crippen molar-refractivity contribution in [3.05, 3.63) is 77.4 Å². The van der Waals surface area contributed by atoms with Crippen LogP contribution in [0.1, 0.15) is 42.9 Å². The summed E-state index contributed by atoms with van der Waals surface area (Å²) in [5.41, 5.74) is 5.28. The number of rotatable bonds is 7. The van der Waals surface area contributed by atoms with Gasteiger partial charge in [0, 0.05) is 38.1 Å². The molecule has 0 unspecified atom stereocenters. The summed E-state index contributed by atoms with van der Waals surface area (Å²) in [6, 6.07) is 16.0. The Hall–Kier alpha value is -4.00. The fourth-order valence-electron chi connectivity index (χ4n) is 4.26. The summed E-state index contributed by atoms with van der Waals surface area (Å²) < 4.78 is 0. The zero-order valence-electron chi connectivity index (χ0n) is 19.1. The molecule has 0 saturated carbocycles. The van der Waals surface area contributed by atoms with Crippen molar-refractivity contribution in [3.8, 4) is 0 Å². The maximum absolute atomic E-state index is 13.3. The van der Waals surface area contributed by atoms with Crippen LogP contribution in [0, 0.1) is 0 Å². The molecule has 2 aliphatic heterocycles. The normalized spacial score (nSPS) is 16.3. The maximum atomic E-state index is 13.3. The van der Waals surface area contributed by atoms with Crippen LogP contribution >= 0.6 is 0 Å². The quantitative estimate of drug-likeness (QED) is 0.647. The Morgan fingerprint density at radius 3 is 2.41 bits per heavy atom. The number of anilines is 1. The number of carbonyl (C=O) groups is 4. The highest BCUT2D eigenvalue weighted by Crippen LogP contribution is 2.34. The number of hydrogen-bond donors (Lipinski definition) is 1. The molecule has 0 radical (unpaired) electrons. The maximum Gasteiger partial charge on any atom is 0.253 e. The number of hydrogen-bond acceptors (Lipinski definition) is 4. The topological polar surface area (TPSA) is 86.8 Å². The number of nitrogens with zero attached hydrogens (tertiary/aromatic N) is 2. The molecule has 0 spiro atoms. The van der Waals surface area contributed by atoms with Crippen molar-refractivity contribution < 1.29 is 19.2 Å². The van der Waals surface area contributed by atoms with E-state index in [1.54, 1.807) is 4.90 Å². The van der Waals surface area contributed by atoms with E-state index >= 15 is 0 Å². The summed E-state index contributed by atoms with van der Waals surface area (Å²) >= 11 is 0. The van der Waals surface area contributed by atoms with Crippen LogP contribution in [0.15, 0.2) is 60.7 Å². The molecule has 1 N–H and O–H groups in total. The molecule has 174 valence electrons. The van der Waals surface area contributed by atoms with Crippen molar-refractivity contribution in [1.82, 2.24) is 10.2 Å². The summed E-state index contributed by atoms with van der Waals surface area (Å²) in [5.74, 6) is -1.23. The molecule has 0 fully saturated rings. The zero-order valence-corrected chi connectivity index (χ0v) is 19.1. The van der Waals surface area contributed by atoms with Gasteiger partial charge >= 0.3 is 0 Å². The molecule has 2 aromatic carbocycles. The number of fused-ring (bicyclic) bond motifs is 2. The number of allylic oxidation sites excluding steroid dienone is 1. The van der Waals surface area contributed by atoms with Gasteiger partial charge in [0.25, 0.3) is 11.8 Å². The molecule has 2 aromatic rings. The van der Waals surface area contributed by atoms with Crippen LogP contribution in [0.25, 0.3) is 11.6 Å². The Bertz CT molecular complexity index is 1180. The van der Waals surface area contributed by atoms with E-state index in [0.29, 0.717) is 6.54 Å². The fourth-order valence-corrected chi connectivity index (χ4v) is 4.26. The van der Waals surface area contributed by atoms with Crippen LogP contribution in [0.4, 0.5) is 5.69 Å². The molecule has 4 amide bonds. The molecular weight excluding hydrogens is 430 g/mol. The highest BCUT2D eigenvalue weighted by Gasteiger charge is 2.24. The van der Waals surface area contributed by atoms with Gasteiger partial charge in [-0.05, 0) is 40.8 Å². The van der Waals surface area contributed by atoms with Gasteiger partial charge in [-0.2, -0.15) is 0 Å². The zero-order chi connectivity index (χ0) is 24.1. The van der Waals surface area contributed by atoms with Gasteiger partial charge in [0.2, 0.25) is 11.8 Å². The van der Waals surface area contributed by atoms with Crippen molar-refractivity contribution in [2.45, 2.75) is 32.7 Å². The summed E-state index contributed by atoms with van der Waals surface area (Å²) in [4.78, 5) is 51.4. The number of imide groups is 1. The average Bonchev–Trinajstić information content (AvgIpc) is 3.16. The Morgan fingerprint density at radius 1 is 0.941 bits per heavy atom. The first kappa shape index (κ1) is 23.2. The van der Waals surface area contributed by atoms with Crippen molar-refractivity contribution in [1.29, 1.82) is 0 Å². The predicted molar refractivity (Wildman–Crippen MR) is 130 cm³/mol. The van der Waals surface area contributed by atoms with E-state index in [9.17, 15) is 19.2 Å². The number of amides is 4. The van der Waals surface area contributed by atoms with Gasteiger partial charge < -0.3 is 10.2 Å². The Kier molecular flexibility index (Phi) is 7.01. The summed E-state index contributed by atoms with van der Waals surface area (Å²) in [6.07, 6.45) is 5.54.